The van der Waals surface area contributed by atoms with E-state index in [1.165, 1.54) is 10.4 Å². The van der Waals surface area contributed by atoms with Crippen LogP contribution >= 0.6 is 11.3 Å². The topological polar surface area (TPSA) is 44.5 Å². The van der Waals surface area contributed by atoms with E-state index in [0.717, 1.165) is 17.9 Å². The van der Waals surface area contributed by atoms with Gasteiger partial charge in [0.15, 0.2) is 11.5 Å². The van der Waals surface area contributed by atoms with Gasteiger partial charge in [0.25, 0.3) is 0 Å². The molecule has 1 aromatic carbocycles. The highest BCUT2D eigenvalue weighted by atomic mass is 32.1. The molecule has 3 nitrogen and oxygen atoms in total. The third-order valence-electron chi connectivity index (χ3n) is 3.34. The maximum absolute atomic E-state index is 6.26. The molecule has 20 heavy (non-hydrogen) atoms. The van der Waals surface area contributed by atoms with Crippen LogP contribution in [0, 0.1) is 6.92 Å². The Morgan fingerprint density at radius 2 is 1.90 bits per heavy atom. The predicted octanol–water partition coefficient (Wildman–Crippen LogP) is 3.92. The summed E-state index contributed by atoms with van der Waals surface area (Å²) in [6, 6.07) is 9.73. The lowest BCUT2D eigenvalue weighted by molar-refractivity contribution is 0.167. The Morgan fingerprint density at radius 1 is 1.20 bits per heavy atom. The lowest BCUT2D eigenvalue weighted by Crippen LogP contribution is -2.31. The molecule has 0 radical (unpaired) electrons. The van der Waals surface area contributed by atoms with Gasteiger partial charge in [0.2, 0.25) is 0 Å². The van der Waals surface area contributed by atoms with Crippen LogP contribution in [0.3, 0.4) is 0 Å². The maximum Gasteiger partial charge on any atom is 0.162 e. The fraction of sp³-hybridized carbons (Fsp3) is 0.375. The van der Waals surface area contributed by atoms with Crippen molar-refractivity contribution in [3.63, 3.8) is 0 Å². The van der Waals surface area contributed by atoms with Gasteiger partial charge < -0.3 is 15.2 Å². The average molecular weight is 291 g/mol. The van der Waals surface area contributed by atoms with Gasteiger partial charge in [-0.3, -0.25) is 0 Å². The third kappa shape index (κ3) is 3.14. The molecule has 0 spiro atoms. The van der Waals surface area contributed by atoms with Crippen molar-refractivity contribution < 1.29 is 9.47 Å². The van der Waals surface area contributed by atoms with Crippen molar-refractivity contribution in [1.82, 2.24) is 0 Å². The lowest BCUT2D eigenvalue weighted by atomic mass is 10.1. The standard InChI is InChI=1S/C16H21NO2S/c1-4-12(17)15(16-11(2)9-10-20-16)19-14-8-6-5-7-13(14)18-3/h5-10,12,15H,4,17H2,1-3H3. The van der Waals surface area contributed by atoms with E-state index in [9.17, 15) is 0 Å². The Bertz CT molecular complexity index is 553. The number of para-hydroxylation sites is 2. The van der Waals surface area contributed by atoms with E-state index in [4.69, 9.17) is 15.2 Å². The van der Waals surface area contributed by atoms with Crippen molar-refractivity contribution >= 4 is 11.3 Å². The molecule has 0 amide bonds. The number of methoxy groups -OCH3 is 1. The number of hydrogen-bond donors (Lipinski definition) is 1. The van der Waals surface area contributed by atoms with E-state index in [1.54, 1.807) is 18.4 Å². The van der Waals surface area contributed by atoms with Crippen molar-refractivity contribution in [1.29, 1.82) is 0 Å². The summed E-state index contributed by atoms with van der Waals surface area (Å²) < 4.78 is 11.5. The molecule has 1 heterocycles. The van der Waals surface area contributed by atoms with Gasteiger partial charge in [-0.05, 0) is 42.5 Å². The van der Waals surface area contributed by atoms with Gasteiger partial charge in [-0.1, -0.05) is 19.1 Å². The number of thiophene rings is 1. The van der Waals surface area contributed by atoms with Gasteiger partial charge in [-0.15, -0.1) is 11.3 Å². The van der Waals surface area contributed by atoms with Gasteiger partial charge in [-0.25, -0.2) is 0 Å². The number of rotatable bonds is 6. The van der Waals surface area contributed by atoms with Crippen molar-refractivity contribution in [2.24, 2.45) is 5.73 Å². The molecule has 0 aliphatic carbocycles. The van der Waals surface area contributed by atoms with Crippen molar-refractivity contribution in [3.05, 3.63) is 46.2 Å². The Balaban J connectivity index is 2.31. The molecule has 108 valence electrons. The molecular weight excluding hydrogens is 270 g/mol. The zero-order chi connectivity index (χ0) is 14.5. The minimum absolute atomic E-state index is 0.0442. The summed E-state index contributed by atoms with van der Waals surface area (Å²) in [5, 5.41) is 2.08. The van der Waals surface area contributed by atoms with Crippen LogP contribution in [0.2, 0.25) is 0 Å². The van der Waals surface area contributed by atoms with Crippen LogP contribution in [0.1, 0.15) is 29.9 Å². The fourth-order valence-electron chi connectivity index (χ4n) is 2.08. The zero-order valence-electron chi connectivity index (χ0n) is 12.1. The summed E-state index contributed by atoms with van der Waals surface area (Å²) in [7, 11) is 1.65. The number of nitrogens with two attached hydrogens (primary N) is 1. The van der Waals surface area contributed by atoms with Crippen LogP contribution in [0.4, 0.5) is 0 Å². The fourth-order valence-corrected chi connectivity index (χ4v) is 3.11. The second-order valence-corrected chi connectivity index (χ2v) is 5.68. The highest BCUT2D eigenvalue weighted by molar-refractivity contribution is 7.10. The van der Waals surface area contributed by atoms with Crippen LogP contribution in [0.25, 0.3) is 0 Å². The largest absolute Gasteiger partial charge is 0.493 e. The molecule has 2 atom stereocenters. The monoisotopic (exact) mass is 291 g/mol. The number of hydrogen-bond acceptors (Lipinski definition) is 4. The Hall–Kier alpha value is -1.52. The van der Waals surface area contributed by atoms with Crippen LogP contribution in [-0.2, 0) is 0 Å². The molecule has 2 unspecified atom stereocenters. The molecule has 0 aliphatic rings. The van der Waals surface area contributed by atoms with E-state index in [-0.39, 0.29) is 12.1 Å². The number of aryl methyl sites for hydroxylation is 1. The molecule has 0 bridgehead atoms. The normalized spacial score (nSPS) is 13.8. The van der Waals surface area contributed by atoms with Crippen LogP contribution in [-0.4, -0.2) is 13.2 Å². The van der Waals surface area contributed by atoms with Crippen molar-refractivity contribution in [2.75, 3.05) is 7.11 Å². The summed E-state index contributed by atoms with van der Waals surface area (Å²) in [5.74, 6) is 1.46. The van der Waals surface area contributed by atoms with E-state index in [2.05, 4.69) is 25.3 Å². The van der Waals surface area contributed by atoms with Crippen LogP contribution < -0.4 is 15.2 Å². The second-order valence-electron chi connectivity index (χ2n) is 4.73. The van der Waals surface area contributed by atoms with E-state index >= 15 is 0 Å². The molecule has 4 heteroatoms. The Labute approximate surface area is 124 Å². The van der Waals surface area contributed by atoms with Crippen LogP contribution in [0.15, 0.2) is 35.7 Å². The quantitative estimate of drug-likeness (QED) is 0.877. The smallest absolute Gasteiger partial charge is 0.162 e. The third-order valence-corrected chi connectivity index (χ3v) is 4.42. The van der Waals surface area contributed by atoms with Gasteiger partial charge >= 0.3 is 0 Å². The highest BCUT2D eigenvalue weighted by Gasteiger charge is 2.24. The lowest BCUT2D eigenvalue weighted by Gasteiger charge is -2.25. The number of ether oxygens (including phenoxy) is 2. The SMILES string of the molecule is CCC(N)C(Oc1ccccc1OC)c1sccc1C. The molecule has 2 rings (SSSR count). The van der Waals surface area contributed by atoms with Crippen molar-refractivity contribution in [3.8, 4) is 11.5 Å². The summed E-state index contributed by atoms with van der Waals surface area (Å²) in [5.41, 5.74) is 7.48. The average Bonchev–Trinajstić information content (AvgIpc) is 2.90. The summed E-state index contributed by atoms with van der Waals surface area (Å²) in [6.45, 7) is 4.17. The summed E-state index contributed by atoms with van der Waals surface area (Å²) >= 11 is 1.69. The van der Waals surface area contributed by atoms with E-state index in [1.807, 2.05) is 24.3 Å². The van der Waals surface area contributed by atoms with E-state index < -0.39 is 0 Å². The Kier molecular flexibility index (Phi) is 5.04. The molecule has 0 saturated heterocycles. The maximum atomic E-state index is 6.26. The molecule has 2 N–H and O–H groups in total. The summed E-state index contributed by atoms with van der Waals surface area (Å²) in [6.07, 6.45) is 0.716. The first kappa shape index (κ1) is 14.9. The van der Waals surface area contributed by atoms with E-state index in [0.29, 0.717) is 0 Å². The van der Waals surface area contributed by atoms with Gasteiger partial charge in [0, 0.05) is 10.9 Å². The number of benzene rings is 1. The molecule has 1 aromatic heterocycles. The first-order valence-corrected chi connectivity index (χ1v) is 7.64. The molecular formula is C16H21NO2S. The van der Waals surface area contributed by atoms with Gasteiger partial charge in [0.1, 0.15) is 6.10 Å². The predicted molar refractivity (Wildman–Crippen MR) is 83.7 cm³/mol. The minimum atomic E-state index is -0.142. The first-order chi connectivity index (χ1) is 9.67. The zero-order valence-corrected chi connectivity index (χ0v) is 12.9. The van der Waals surface area contributed by atoms with Crippen LogP contribution in [0.5, 0.6) is 11.5 Å². The summed E-state index contributed by atoms with van der Waals surface area (Å²) in [4.78, 5) is 1.19. The molecule has 0 saturated carbocycles. The second kappa shape index (κ2) is 6.77. The van der Waals surface area contributed by atoms with Gasteiger partial charge in [0.05, 0.1) is 7.11 Å². The highest BCUT2D eigenvalue weighted by Crippen LogP contribution is 2.35. The van der Waals surface area contributed by atoms with Crippen molar-refractivity contribution in [2.45, 2.75) is 32.4 Å². The molecule has 0 fully saturated rings. The van der Waals surface area contributed by atoms with Gasteiger partial charge in [-0.2, -0.15) is 0 Å². The molecule has 2 aromatic rings. The Morgan fingerprint density at radius 3 is 2.45 bits per heavy atom. The first-order valence-electron chi connectivity index (χ1n) is 6.76. The molecule has 0 aliphatic heterocycles. The minimum Gasteiger partial charge on any atom is -0.493 e.